The number of rotatable bonds is 1. The van der Waals surface area contributed by atoms with Crippen LogP contribution in [-0.4, -0.2) is 0 Å². The van der Waals surface area contributed by atoms with Gasteiger partial charge in [0.1, 0.15) is 25.0 Å². The Balaban J connectivity index is 0.000000169. The van der Waals surface area contributed by atoms with E-state index in [4.69, 9.17) is 0 Å². The van der Waals surface area contributed by atoms with Crippen molar-refractivity contribution in [1.29, 1.82) is 0 Å². The molecule has 0 saturated heterocycles. The highest BCUT2D eigenvalue weighted by atomic mass is 16.5. The van der Waals surface area contributed by atoms with Gasteiger partial charge in [-0.3, -0.25) is 0 Å². The molecule has 1 aliphatic heterocycles. The maximum atomic E-state index is 4.58. The molecule has 2 nitrogen and oxygen atoms in total. The topological polar surface area (TPSA) is 18.5 Å². The van der Waals surface area contributed by atoms with Crippen molar-refractivity contribution in [3.8, 4) is 11.1 Å². The number of benzene rings is 2. The summed E-state index contributed by atoms with van der Waals surface area (Å²) in [4.78, 5) is 0. The minimum Gasteiger partial charge on any atom is -0.466 e. The first-order chi connectivity index (χ1) is 8.97. The van der Waals surface area contributed by atoms with Gasteiger partial charge in [-0.1, -0.05) is 60.7 Å². The minimum absolute atomic E-state index is 1.28. The standard InChI is InChI=1S/C12H10.C4H4O2/c1-3-7-11(8-4-1)12-9-5-2-6-10-12;1-2-6-4-3-5-1/h1-10H;1-4H. The lowest BCUT2D eigenvalue weighted by Gasteiger charge is -1.98. The van der Waals surface area contributed by atoms with Crippen molar-refractivity contribution in [2.75, 3.05) is 0 Å². The summed E-state index contributed by atoms with van der Waals surface area (Å²) in [5.41, 5.74) is 2.55. The number of hydrogen-bond acceptors (Lipinski definition) is 2. The normalized spacial score (nSPS) is 11.8. The molecule has 1 aliphatic rings. The fourth-order valence-electron chi connectivity index (χ4n) is 1.48. The van der Waals surface area contributed by atoms with E-state index in [0.717, 1.165) is 0 Å². The van der Waals surface area contributed by atoms with Gasteiger partial charge in [0.25, 0.3) is 0 Å². The van der Waals surface area contributed by atoms with E-state index in [2.05, 4.69) is 58.0 Å². The molecule has 3 rings (SSSR count). The second-order valence-corrected chi connectivity index (χ2v) is 3.55. The van der Waals surface area contributed by atoms with E-state index in [0.29, 0.717) is 0 Å². The molecule has 0 aliphatic carbocycles. The first-order valence-corrected chi connectivity index (χ1v) is 5.68. The Bertz CT molecular complexity index is 444. The zero-order valence-electron chi connectivity index (χ0n) is 9.90. The van der Waals surface area contributed by atoms with Crippen LogP contribution in [0.1, 0.15) is 0 Å². The third kappa shape index (κ3) is 3.83. The molecule has 0 atom stereocenters. The first-order valence-electron chi connectivity index (χ1n) is 5.68. The molecule has 18 heavy (non-hydrogen) atoms. The van der Waals surface area contributed by atoms with Crippen molar-refractivity contribution >= 4 is 0 Å². The Morgan fingerprint density at radius 3 is 1.06 bits per heavy atom. The van der Waals surface area contributed by atoms with Gasteiger partial charge >= 0.3 is 0 Å². The molecule has 0 radical (unpaired) electrons. The van der Waals surface area contributed by atoms with Crippen molar-refractivity contribution in [2.24, 2.45) is 0 Å². The average Bonchev–Trinajstić information content (AvgIpc) is 2.51. The highest BCUT2D eigenvalue weighted by Gasteiger charge is 1.91. The molecule has 0 spiro atoms. The van der Waals surface area contributed by atoms with E-state index in [1.165, 1.54) is 36.2 Å². The molecule has 1 heterocycles. The smallest absolute Gasteiger partial charge is 0.125 e. The molecule has 0 bridgehead atoms. The molecule has 0 unspecified atom stereocenters. The zero-order chi connectivity index (χ0) is 12.5. The summed E-state index contributed by atoms with van der Waals surface area (Å²) in [6.07, 6.45) is 5.83. The Hall–Kier alpha value is -2.48. The molecular formula is C16H14O2. The van der Waals surface area contributed by atoms with E-state index in [-0.39, 0.29) is 0 Å². The summed E-state index contributed by atoms with van der Waals surface area (Å²) < 4.78 is 9.17. The summed E-state index contributed by atoms with van der Waals surface area (Å²) in [6.45, 7) is 0. The van der Waals surface area contributed by atoms with E-state index < -0.39 is 0 Å². The van der Waals surface area contributed by atoms with Gasteiger partial charge in [-0.15, -0.1) is 0 Å². The molecule has 0 aromatic heterocycles. The second-order valence-electron chi connectivity index (χ2n) is 3.55. The third-order valence-corrected chi connectivity index (χ3v) is 2.31. The van der Waals surface area contributed by atoms with Crippen LogP contribution in [0.4, 0.5) is 0 Å². The number of ether oxygens (including phenoxy) is 2. The van der Waals surface area contributed by atoms with Crippen molar-refractivity contribution in [3.63, 3.8) is 0 Å². The van der Waals surface area contributed by atoms with Crippen LogP contribution in [0.3, 0.4) is 0 Å². The van der Waals surface area contributed by atoms with E-state index in [9.17, 15) is 0 Å². The molecule has 0 saturated carbocycles. The van der Waals surface area contributed by atoms with Gasteiger partial charge in [0.05, 0.1) is 0 Å². The van der Waals surface area contributed by atoms with E-state index >= 15 is 0 Å². The van der Waals surface area contributed by atoms with Gasteiger partial charge in [-0.05, 0) is 11.1 Å². The Morgan fingerprint density at radius 1 is 0.444 bits per heavy atom. The van der Waals surface area contributed by atoms with Gasteiger partial charge in [0.15, 0.2) is 0 Å². The van der Waals surface area contributed by atoms with Crippen LogP contribution < -0.4 is 0 Å². The maximum absolute atomic E-state index is 4.58. The van der Waals surface area contributed by atoms with Crippen molar-refractivity contribution in [2.45, 2.75) is 0 Å². The lowest BCUT2D eigenvalue weighted by molar-refractivity contribution is 0.290. The quantitative estimate of drug-likeness (QED) is 0.736. The van der Waals surface area contributed by atoms with E-state index in [1.807, 2.05) is 12.1 Å². The molecular weight excluding hydrogens is 224 g/mol. The fourth-order valence-corrected chi connectivity index (χ4v) is 1.48. The predicted octanol–water partition coefficient (Wildman–Crippen LogP) is 4.33. The lowest BCUT2D eigenvalue weighted by atomic mass is 10.1. The highest BCUT2D eigenvalue weighted by molar-refractivity contribution is 5.62. The Morgan fingerprint density at radius 2 is 0.778 bits per heavy atom. The van der Waals surface area contributed by atoms with Crippen LogP contribution in [0.5, 0.6) is 0 Å². The Labute approximate surface area is 107 Å². The summed E-state index contributed by atoms with van der Waals surface area (Å²) in [6, 6.07) is 20.8. The fraction of sp³-hybridized carbons (Fsp3) is 0. The van der Waals surface area contributed by atoms with E-state index in [1.54, 1.807) is 0 Å². The SMILES string of the molecule is C1=COC=CO1.c1ccc(-c2ccccc2)cc1. The van der Waals surface area contributed by atoms with Crippen LogP contribution >= 0.6 is 0 Å². The van der Waals surface area contributed by atoms with Crippen LogP contribution in [-0.2, 0) is 9.47 Å². The predicted molar refractivity (Wildman–Crippen MR) is 72.3 cm³/mol. The summed E-state index contributed by atoms with van der Waals surface area (Å²) in [5.74, 6) is 0. The summed E-state index contributed by atoms with van der Waals surface area (Å²) in [5, 5.41) is 0. The van der Waals surface area contributed by atoms with Gasteiger partial charge in [-0.25, -0.2) is 0 Å². The van der Waals surface area contributed by atoms with Crippen molar-refractivity contribution in [3.05, 3.63) is 85.7 Å². The Kier molecular flexibility index (Phi) is 4.64. The maximum Gasteiger partial charge on any atom is 0.125 e. The van der Waals surface area contributed by atoms with Gasteiger partial charge in [0, 0.05) is 0 Å². The van der Waals surface area contributed by atoms with Crippen LogP contribution in [0.2, 0.25) is 0 Å². The highest BCUT2D eigenvalue weighted by Crippen LogP contribution is 2.17. The van der Waals surface area contributed by atoms with Crippen LogP contribution in [0.25, 0.3) is 11.1 Å². The minimum atomic E-state index is 1.28. The van der Waals surface area contributed by atoms with Crippen molar-refractivity contribution in [1.82, 2.24) is 0 Å². The van der Waals surface area contributed by atoms with Gasteiger partial charge < -0.3 is 9.47 Å². The average molecular weight is 238 g/mol. The van der Waals surface area contributed by atoms with Crippen LogP contribution in [0, 0.1) is 0 Å². The van der Waals surface area contributed by atoms with Gasteiger partial charge in [0.2, 0.25) is 0 Å². The monoisotopic (exact) mass is 238 g/mol. The first kappa shape index (κ1) is 12.0. The molecule has 0 N–H and O–H groups in total. The molecule has 2 aromatic carbocycles. The second kappa shape index (κ2) is 6.97. The number of hydrogen-bond donors (Lipinski definition) is 0. The van der Waals surface area contributed by atoms with Gasteiger partial charge in [-0.2, -0.15) is 0 Å². The molecule has 0 amide bonds. The molecule has 2 aromatic rings. The molecule has 90 valence electrons. The molecule has 0 fully saturated rings. The van der Waals surface area contributed by atoms with Crippen molar-refractivity contribution < 1.29 is 9.47 Å². The zero-order valence-corrected chi connectivity index (χ0v) is 9.90. The van der Waals surface area contributed by atoms with Crippen LogP contribution in [0.15, 0.2) is 85.7 Å². The molecule has 2 heteroatoms. The summed E-state index contributed by atoms with van der Waals surface area (Å²) >= 11 is 0. The lowest BCUT2D eigenvalue weighted by Crippen LogP contribution is -1.74. The largest absolute Gasteiger partial charge is 0.466 e. The summed E-state index contributed by atoms with van der Waals surface area (Å²) in [7, 11) is 0. The third-order valence-electron chi connectivity index (χ3n) is 2.31.